The first-order chi connectivity index (χ1) is 4.63. The van der Waals surface area contributed by atoms with E-state index in [1.165, 1.54) is 0 Å². The van der Waals surface area contributed by atoms with Crippen LogP contribution >= 0.6 is 0 Å². The molecule has 0 N–H and O–H groups in total. The van der Waals surface area contributed by atoms with Crippen LogP contribution in [0.4, 0.5) is 8.78 Å². The van der Waals surface area contributed by atoms with Gasteiger partial charge in [-0.2, -0.15) is 5.11 Å². The molecule has 0 heterocycles. The molecule has 1 rings (SSSR count). The van der Waals surface area contributed by atoms with Gasteiger partial charge in [0.1, 0.15) is 0 Å². The largest absolute Gasteiger partial charge is 0.271 e. The fourth-order valence-corrected chi connectivity index (χ4v) is 1.24. The van der Waals surface area contributed by atoms with Crippen LogP contribution in [-0.2, 0) is 5.11 Å². The van der Waals surface area contributed by atoms with Crippen molar-refractivity contribution in [2.45, 2.75) is 44.1 Å². The van der Waals surface area contributed by atoms with E-state index in [2.05, 4.69) is 0 Å². The maximum atomic E-state index is 12.6. The van der Waals surface area contributed by atoms with E-state index in [4.69, 9.17) is 0 Å². The first kappa shape index (κ1) is 7.92. The molecular formula is C7H11F2O. The zero-order chi connectivity index (χ0) is 7.61. The molecule has 59 valence electrons. The number of halogens is 2. The van der Waals surface area contributed by atoms with Crippen molar-refractivity contribution >= 4 is 0 Å². The zero-order valence-electron chi connectivity index (χ0n) is 5.78. The number of hydrogen-bond donors (Lipinski definition) is 0. The van der Waals surface area contributed by atoms with Crippen molar-refractivity contribution in [1.82, 2.24) is 0 Å². The van der Waals surface area contributed by atoms with Crippen LogP contribution in [0.15, 0.2) is 0 Å². The van der Waals surface area contributed by atoms with Crippen molar-refractivity contribution in [3.63, 3.8) is 0 Å². The third-order valence-electron chi connectivity index (χ3n) is 1.94. The first-order valence-corrected chi connectivity index (χ1v) is 3.66. The summed E-state index contributed by atoms with van der Waals surface area (Å²) in [7, 11) is 0. The zero-order valence-corrected chi connectivity index (χ0v) is 5.78. The average Bonchev–Trinajstić information content (AvgIpc) is 1.96. The highest BCUT2D eigenvalue weighted by molar-refractivity contribution is 4.78. The lowest BCUT2D eigenvalue weighted by Crippen LogP contribution is -2.31. The summed E-state index contributed by atoms with van der Waals surface area (Å²) in [6.45, 7) is 0. The van der Waals surface area contributed by atoms with Gasteiger partial charge in [-0.15, -0.1) is 0 Å². The Labute approximate surface area is 59.0 Å². The second-order valence-corrected chi connectivity index (χ2v) is 2.85. The van der Waals surface area contributed by atoms with E-state index >= 15 is 0 Å². The van der Waals surface area contributed by atoms with E-state index in [0.717, 1.165) is 6.42 Å². The van der Waals surface area contributed by atoms with Crippen molar-refractivity contribution in [2.75, 3.05) is 0 Å². The number of hydrogen-bond acceptors (Lipinski definition) is 0. The average molecular weight is 149 g/mol. The summed E-state index contributed by atoms with van der Waals surface area (Å²) in [5, 5.41) is 10.6. The van der Waals surface area contributed by atoms with Crippen LogP contribution in [0.5, 0.6) is 0 Å². The number of rotatable bonds is 0. The molecule has 1 radical (unpaired) electrons. The van der Waals surface area contributed by atoms with Gasteiger partial charge in [0.15, 0.2) is 6.17 Å². The van der Waals surface area contributed by atoms with E-state index in [-0.39, 0.29) is 12.8 Å². The van der Waals surface area contributed by atoms with Crippen LogP contribution in [-0.4, -0.2) is 12.0 Å². The maximum Gasteiger partial charge on any atom is 0.271 e. The smallest absolute Gasteiger partial charge is 0.241 e. The lowest BCUT2D eigenvalue weighted by molar-refractivity contribution is -0.190. The fourth-order valence-electron chi connectivity index (χ4n) is 1.24. The summed E-state index contributed by atoms with van der Waals surface area (Å²) < 4.78 is 25.1. The predicted molar refractivity (Wildman–Crippen MR) is 32.5 cm³/mol. The van der Waals surface area contributed by atoms with Gasteiger partial charge in [0.25, 0.3) is 5.85 Å². The van der Waals surface area contributed by atoms with Crippen molar-refractivity contribution in [3.05, 3.63) is 0 Å². The minimum Gasteiger partial charge on any atom is -0.241 e. The van der Waals surface area contributed by atoms with Gasteiger partial charge < -0.3 is 0 Å². The molecule has 2 atom stereocenters. The van der Waals surface area contributed by atoms with Crippen LogP contribution in [0.2, 0.25) is 0 Å². The van der Waals surface area contributed by atoms with Gasteiger partial charge in [-0.3, -0.25) is 0 Å². The van der Waals surface area contributed by atoms with Gasteiger partial charge in [-0.1, -0.05) is 12.8 Å². The Morgan fingerprint density at radius 3 is 2.70 bits per heavy atom. The monoisotopic (exact) mass is 149 g/mol. The SMILES string of the molecule is [O]C1(F)CCCCCC1F. The van der Waals surface area contributed by atoms with E-state index in [1.807, 2.05) is 0 Å². The Balaban J connectivity index is 2.52. The standard InChI is InChI=1S/C7H11F2O/c8-6-4-2-1-3-5-7(6,9)10/h6H,1-5H2. The molecule has 0 aromatic rings. The molecule has 0 amide bonds. The van der Waals surface area contributed by atoms with Crippen molar-refractivity contribution in [1.29, 1.82) is 0 Å². The molecule has 0 aliphatic heterocycles. The molecule has 1 aliphatic rings. The lowest BCUT2D eigenvalue weighted by Gasteiger charge is -2.16. The topological polar surface area (TPSA) is 19.9 Å². The molecule has 0 aromatic carbocycles. The van der Waals surface area contributed by atoms with Gasteiger partial charge in [0.2, 0.25) is 0 Å². The summed E-state index contributed by atoms with van der Waals surface area (Å²) in [5.74, 6) is -2.80. The van der Waals surface area contributed by atoms with Gasteiger partial charge in [0.05, 0.1) is 0 Å². The Morgan fingerprint density at radius 2 is 2.00 bits per heavy atom. The van der Waals surface area contributed by atoms with E-state index in [0.29, 0.717) is 12.8 Å². The van der Waals surface area contributed by atoms with Gasteiger partial charge in [0, 0.05) is 6.42 Å². The summed E-state index contributed by atoms with van der Waals surface area (Å²) in [6, 6.07) is 0. The molecule has 0 aromatic heterocycles. The molecule has 1 saturated carbocycles. The van der Waals surface area contributed by atoms with Crippen molar-refractivity contribution < 1.29 is 13.9 Å². The van der Waals surface area contributed by atoms with E-state index in [9.17, 15) is 13.9 Å². The molecule has 2 unspecified atom stereocenters. The summed E-state index contributed by atoms with van der Waals surface area (Å²) in [4.78, 5) is 0. The molecule has 1 aliphatic carbocycles. The second kappa shape index (κ2) is 2.82. The van der Waals surface area contributed by atoms with Crippen LogP contribution in [0.3, 0.4) is 0 Å². The minimum atomic E-state index is -2.80. The fraction of sp³-hybridized carbons (Fsp3) is 1.00. The number of alkyl halides is 2. The maximum absolute atomic E-state index is 12.6. The van der Waals surface area contributed by atoms with Crippen LogP contribution < -0.4 is 0 Å². The van der Waals surface area contributed by atoms with Gasteiger partial charge in [-0.05, 0) is 12.8 Å². The quantitative estimate of drug-likeness (QED) is 0.471. The molecule has 10 heavy (non-hydrogen) atoms. The minimum absolute atomic E-state index is 0.0972. The lowest BCUT2D eigenvalue weighted by atomic mass is 10.1. The van der Waals surface area contributed by atoms with Gasteiger partial charge in [-0.25, -0.2) is 8.78 Å². The van der Waals surface area contributed by atoms with Gasteiger partial charge >= 0.3 is 0 Å². The van der Waals surface area contributed by atoms with E-state index < -0.39 is 12.0 Å². The molecule has 0 spiro atoms. The molecule has 1 nitrogen and oxygen atoms in total. The first-order valence-electron chi connectivity index (χ1n) is 3.66. The van der Waals surface area contributed by atoms with Crippen LogP contribution in [0.1, 0.15) is 32.1 Å². The summed E-state index contributed by atoms with van der Waals surface area (Å²) in [5.41, 5.74) is 0. The molecule has 0 bridgehead atoms. The highest BCUT2D eigenvalue weighted by Gasteiger charge is 2.39. The molecule has 3 heteroatoms. The predicted octanol–water partition coefficient (Wildman–Crippen LogP) is 2.38. The molecule has 0 saturated heterocycles. The Kier molecular flexibility index (Phi) is 2.24. The van der Waals surface area contributed by atoms with Crippen molar-refractivity contribution in [3.8, 4) is 0 Å². The van der Waals surface area contributed by atoms with Crippen molar-refractivity contribution in [2.24, 2.45) is 0 Å². The highest BCUT2D eigenvalue weighted by atomic mass is 19.2. The normalized spacial score (nSPS) is 42.9. The summed E-state index contributed by atoms with van der Waals surface area (Å²) in [6.07, 6.45) is 0.118. The highest BCUT2D eigenvalue weighted by Crippen LogP contribution is 2.31. The third-order valence-corrected chi connectivity index (χ3v) is 1.94. The van der Waals surface area contributed by atoms with Crippen LogP contribution in [0, 0.1) is 0 Å². The van der Waals surface area contributed by atoms with Crippen LogP contribution in [0.25, 0.3) is 0 Å². The Hall–Kier alpha value is -0.180. The Bertz CT molecular complexity index is 114. The third kappa shape index (κ3) is 1.66. The molecule has 1 fully saturated rings. The molecular weight excluding hydrogens is 138 g/mol. The second-order valence-electron chi connectivity index (χ2n) is 2.85. The Morgan fingerprint density at radius 1 is 1.30 bits per heavy atom. The van der Waals surface area contributed by atoms with E-state index in [1.54, 1.807) is 0 Å². The summed E-state index contributed by atoms with van der Waals surface area (Å²) >= 11 is 0.